The maximum Gasteiger partial charge on any atom is 0.410 e. The van der Waals surface area contributed by atoms with Crippen LogP contribution >= 0.6 is 0 Å². The molecule has 1 aromatic carbocycles. The van der Waals surface area contributed by atoms with Gasteiger partial charge in [0, 0.05) is 19.2 Å². The van der Waals surface area contributed by atoms with Crippen molar-refractivity contribution in [3.05, 3.63) is 46.2 Å². The molecule has 0 aliphatic carbocycles. The van der Waals surface area contributed by atoms with Gasteiger partial charge in [0.1, 0.15) is 11.9 Å². The van der Waals surface area contributed by atoms with E-state index in [-0.39, 0.29) is 27.6 Å². The summed E-state index contributed by atoms with van der Waals surface area (Å²) in [4.78, 5) is 18.5. The first-order valence-electron chi connectivity index (χ1n) is 10.1. The summed E-state index contributed by atoms with van der Waals surface area (Å²) in [7, 11) is -4.65. The number of anilines is 2. The number of alkyl halides is 3. The van der Waals surface area contributed by atoms with Crippen LogP contribution in [0.4, 0.5) is 24.9 Å². The van der Waals surface area contributed by atoms with E-state index in [0.29, 0.717) is 19.8 Å². The second kappa shape index (κ2) is 8.07. The van der Waals surface area contributed by atoms with Gasteiger partial charge in [-0.2, -0.15) is 18.2 Å². The lowest BCUT2D eigenvalue weighted by Gasteiger charge is -2.39. The minimum Gasteiger partial charge on any atom is -0.377 e. The highest BCUT2D eigenvalue weighted by Gasteiger charge is 2.51. The molecule has 0 N–H and O–H groups in total. The number of aromatic nitrogens is 2. The number of hydrogen-bond donors (Lipinski definition) is 0. The monoisotopic (exact) mass is 472 g/mol. The summed E-state index contributed by atoms with van der Waals surface area (Å²) in [6, 6.07) is 4.24. The molecule has 32 heavy (non-hydrogen) atoms. The summed E-state index contributed by atoms with van der Waals surface area (Å²) in [5.74, 6) is -0.399. The molecule has 12 heteroatoms. The van der Waals surface area contributed by atoms with Crippen molar-refractivity contribution in [3.8, 4) is 0 Å². The minimum absolute atomic E-state index is 0.129. The molecular weight excluding hydrogens is 449 g/mol. The summed E-state index contributed by atoms with van der Waals surface area (Å²) < 4.78 is 75.4. The smallest absolute Gasteiger partial charge is 0.377 e. The van der Waals surface area contributed by atoms with Gasteiger partial charge in [-0.05, 0) is 32.4 Å². The third kappa shape index (κ3) is 3.96. The van der Waals surface area contributed by atoms with Crippen LogP contribution in [0.5, 0.6) is 0 Å². The third-order valence-electron chi connectivity index (χ3n) is 5.70. The molecule has 2 unspecified atom stereocenters. The van der Waals surface area contributed by atoms with Gasteiger partial charge in [0.2, 0.25) is 5.95 Å². The van der Waals surface area contributed by atoms with Crippen LogP contribution in [0.1, 0.15) is 18.9 Å². The van der Waals surface area contributed by atoms with E-state index in [1.54, 1.807) is 11.8 Å². The highest BCUT2D eigenvalue weighted by molar-refractivity contribution is 7.92. The van der Waals surface area contributed by atoms with Gasteiger partial charge in [-0.25, -0.2) is 12.7 Å². The Balaban J connectivity index is 1.91. The Bertz CT molecular complexity index is 1160. The number of ether oxygens (including phenoxy) is 1. The van der Waals surface area contributed by atoms with Crippen LogP contribution in [0.3, 0.4) is 0 Å². The molecule has 4 rings (SSSR count). The normalized spacial score (nSPS) is 22.0. The Kier molecular flexibility index (Phi) is 5.70. The van der Waals surface area contributed by atoms with Gasteiger partial charge >= 0.3 is 6.18 Å². The van der Waals surface area contributed by atoms with E-state index >= 15 is 0 Å². The van der Waals surface area contributed by atoms with Gasteiger partial charge in [0.15, 0.2) is 0 Å². The van der Waals surface area contributed by atoms with Gasteiger partial charge in [-0.1, -0.05) is 17.7 Å². The molecule has 1 saturated heterocycles. The maximum atomic E-state index is 14.0. The van der Waals surface area contributed by atoms with Crippen LogP contribution in [0.25, 0.3) is 0 Å². The van der Waals surface area contributed by atoms with Crippen LogP contribution in [0.2, 0.25) is 0 Å². The predicted molar refractivity (Wildman–Crippen MR) is 111 cm³/mol. The molecule has 0 saturated carbocycles. The number of morpholine rings is 1. The van der Waals surface area contributed by atoms with E-state index in [1.807, 2.05) is 6.92 Å². The predicted octanol–water partition coefficient (Wildman–Crippen LogP) is 2.31. The minimum atomic E-state index is -4.84. The van der Waals surface area contributed by atoms with Crippen molar-refractivity contribution in [2.45, 2.75) is 50.0 Å². The van der Waals surface area contributed by atoms with E-state index in [1.165, 1.54) is 30.3 Å². The van der Waals surface area contributed by atoms with Gasteiger partial charge in [0.05, 0.1) is 24.2 Å². The molecule has 0 radical (unpaired) electrons. The molecule has 2 atom stereocenters. The van der Waals surface area contributed by atoms with E-state index < -0.39 is 40.2 Å². The average Bonchev–Trinajstić information content (AvgIpc) is 2.72. The molecule has 8 nitrogen and oxygen atoms in total. The fourth-order valence-electron chi connectivity index (χ4n) is 3.98. The zero-order valence-corrected chi connectivity index (χ0v) is 18.4. The standard InChI is InChI=1S/C20H23F3N4O4S/c1-13-3-5-15(6-4-13)32(29,30)27-16(20(21,22)23)7-8-26-18(28)11-17(24-19(26)27)25-9-10-31-12-14(25)2/h3-6,11,14,16H,7-10,12H2,1-2H3. The van der Waals surface area contributed by atoms with Crippen molar-refractivity contribution in [2.75, 3.05) is 29.0 Å². The summed E-state index contributed by atoms with van der Waals surface area (Å²) >= 11 is 0. The Morgan fingerprint density at radius 3 is 2.47 bits per heavy atom. The van der Waals surface area contributed by atoms with E-state index in [0.717, 1.165) is 10.1 Å². The fourth-order valence-corrected chi connectivity index (χ4v) is 5.60. The molecule has 0 amide bonds. The van der Waals surface area contributed by atoms with Crippen LogP contribution in [-0.2, 0) is 21.3 Å². The molecule has 0 spiro atoms. The lowest BCUT2D eigenvalue weighted by atomic mass is 10.1. The van der Waals surface area contributed by atoms with Crippen molar-refractivity contribution in [1.82, 2.24) is 9.55 Å². The summed E-state index contributed by atoms with van der Waals surface area (Å²) in [6.45, 7) is 4.38. The number of fused-ring (bicyclic) bond motifs is 1. The van der Waals surface area contributed by atoms with Crippen molar-refractivity contribution >= 4 is 21.8 Å². The molecule has 2 aromatic rings. The Labute approximate surface area is 183 Å². The number of halogens is 3. The van der Waals surface area contributed by atoms with Crippen molar-refractivity contribution < 1.29 is 26.3 Å². The Hall–Kier alpha value is -2.60. The zero-order chi connectivity index (χ0) is 23.3. The summed E-state index contributed by atoms with van der Waals surface area (Å²) in [6.07, 6.45) is -5.43. The first kappa shape index (κ1) is 22.6. The lowest BCUT2D eigenvalue weighted by Crippen LogP contribution is -2.55. The lowest BCUT2D eigenvalue weighted by molar-refractivity contribution is -0.149. The van der Waals surface area contributed by atoms with Crippen LogP contribution in [-0.4, -0.2) is 56.0 Å². The molecular formula is C20H23F3N4O4S. The first-order chi connectivity index (χ1) is 15.0. The Morgan fingerprint density at radius 2 is 1.84 bits per heavy atom. The van der Waals surface area contributed by atoms with Crippen LogP contribution < -0.4 is 14.8 Å². The molecule has 2 aliphatic heterocycles. The second-order valence-electron chi connectivity index (χ2n) is 7.98. The molecule has 0 bridgehead atoms. The van der Waals surface area contributed by atoms with Crippen molar-refractivity contribution in [2.24, 2.45) is 0 Å². The Morgan fingerprint density at radius 1 is 1.16 bits per heavy atom. The average molecular weight is 472 g/mol. The summed E-state index contributed by atoms with van der Waals surface area (Å²) in [5, 5.41) is 0. The highest BCUT2D eigenvalue weighted by Crippen LogP contribution is 2.38. The number of hydrogen-bond acceptors (Lipinski definition) is 6. The number of aryl methyl sites for hydroxylation is 1. The third-order valence-corrected chi connectivity index (χ3v) is 7.50. The SMILES string of the molecule is Cc1ccc(S(=O)(=O)N2c3nc(N4CCOCC4C)cc(=O)n3CCC2C(F)(F)F)cc1. The first-order valence-corrected chi connectivity index (χ1v) is 11.6. The van der Waals surface area contributed by atoms with Crippen molar-refractivity contribution in [3.63, 3.8) is 0 Å². The zero-order valence-electron chi connectivity index (χ0n) is 17.5. The number of rotatable bonds is 3. The quantitative estimate of drug-likeness (QED) is 0.682. The number of sulfonamides is 1. The van der Waals surface area contributed by atoms with E-state index in [2.05, 4.69) is 4.98 Å². The van der Waals surface area contributed by atoms with Crippen molar-refractivity contribution in [1.29, 1.82) is 0 Å². The van der Waals surface area contributed by atoms with Gasteiger partial charge in [-0.15, -0.1) is 0 Å². The van der Waals surface area contributed by atoms with E-state index in [9.17, 15) is 26.4 Å². The van der Waals surface area contributed by atoms with Crippen LogP contribution in [0, 0.1) is 6.92 Å². The van der Waals surface area contributed by atoms with Gasteiger partial charge < -0.3 is 9.64 Å². The number of nitrogens with zero attached hydrogens (tertiary/aromatic N) is 4. The van der Waals surface area contributed by atoms with E-state index in [4.69, 9.17) is 4.74 Å². The largest absolute Gasteiger partial charge is 0.410 e. The highest BCUT2D eigenvalue weighted by atomic mass is 32.2. The molecule has 1 aromatic heterocycles. The second-order valence-corrected chi connectivity index (χ2v) is 9.80. The summed E-state index contributed by atoms with van der Waals surface area (Å²) in [5.41, 5.74) is 0.154. The topological polar surface area (TPSA) is 84.7 Å². The molecule has 174 valence electrons. The molecule has 1 fully saturated rings. The number of benzene rings is 1. The van der Waals surface area contributed by atoms with Gasteiger partial charge in [0.25, 0.3) is 15.6 Å². The fraction of sp³-hybridized carbons (Fsp3) is 0.500. The molecule has 3 heterocycles. The molecule has 2 aliphatic rings. The van der Waals surface area contributed by atoms with Gasteiger partial charge in [-0.3, -0.25) is 9.36 Å². The maximum absolute atomic E-state index is 14.0. The van der Waals surface area contributed by atoms with Crippen LogP contribution in [0.15, 0.2) is 40.0 Å².